The SMILES string of the molecule is CC.CC.CCc1cnco1. The van der Waals surface area contributed by atoms with Crippen molar-refractivity contribution in [2.45, 2.75) is 41.0 Å². The van der Waals surface area contributed by atoms with Crippen LogP contribution in [-0.2, 0) is 6.42 Å². The Morgan fingerprint density at radius 1 is 1.27 bits per heavy atom. The quantitative estimate of drug-likeness (QED) is 0.625. The third-order valence-electron chi connectivity index (χ3n) is 0.832. The summed E-state index contributed by atoms with van der Waals surface area (Å²) in [6.45, 7) is 10.0. The van der Waals surface area contributed by atoms with Gasteiger partial charge in [0.1, 0.15) is 5.76 Å². The first-order chi connectivity index (χ1) is 5.43. The average molecular weight is 157 g/mol. The molecular formula is C9H19NO. The van der Waals surface area contributed by atoms with Crippen LogP contribution in [0.3, 0.4) is 0 Å². The standard InChI is InChI=1S/C5H7NO.2C2H6/c1-2-5-3-6-4-7-5;2*1-2/h3-4H,2H2,1H3;2*1-2H3. The molecule has 1 aromatic rings. The molecule has 1 aromatic heterocycles. The van der Waals surface area contributed by atoms with Gasteiger partial charge in [-0.3, -0.25) is 0 Å². The molecule has 0 saturated carbocycles. The van der Waals surface area contributed by atoms with Gasteiger partial charge in [0, 0.05) is 6.42 Å². The summed E-state index contributed by atoms with van der Waals surface area (Å²) in [5, 5.41) is 0. The minimum Gasteiger partial charge on any atom is -0.449 e. The summed E-state index contributed by atoms with van der Waals surface area (Å²) in [6, 6.07) is 0. The van der Waals surface area contributed by atoms with Crippen LogP contribution in [0.1, 0.15) is 40.4 Å². The molecule has 2 heteroatoms. The Kier molecular flexibility index (Phi) is 13.9. The van der Waals surface area contributed by atoms with Crippen molar-refractivity contribution in [1.29, 1.82) is 0 Å². The Morgan fingerprint density at radius 3 is 2.00 bits per heavy atom. The van der Waals surface area contributed by atoms with E-state index >= 15 is 0 Å². The van der Waals surface area contributed by atoms with Crippen molar-refractivity contribution in [3.05, 3.63) is 18.4 Å². The van der Waals surface area contributed by atoms with Crippen LogP contribution >= 0.6 is 0 Å². The summed E-state index contributed by atoms with van der Waals surface area (Å²) < 4.78 is 4.87. The Hall–Kier alpha value is -0.790. The maximum Gasteiger partial charge on any atom is 0.180 e. The van der Waals surface area contributed by atoms with Gasteiger partial charge in [-0.2, -0.15) is 0 Å². The highest BCUT2D eigenvalue weighted by Crippen LogP contribution is 1.94. The molecule has 0 aromatic carbocycles. The topological polar surface area (TPSA) is 26.0 Å². The lowest BCUT2D eigenvalue weighted by Crippen LogP contribution is -1.67. The number of aromatic nitrogens is 1. The molecule has 0 bridgehead atoms. The fourth-order valence-corrected chi connectivity index (χ4v) is 0.417. The Bertz CT molecular complexity index is 124. The molecule has 1 rings (SSSR count). The normalized spacial score (nSPS) is 7.00. The van der Waals surface area contributed by atoms with Crippen LogP contribution in [0.4, 0.5) is 0 Å². The molecule has 0 N–H and O–H groups in total. The minimum absolute atomic E-state index is 0.931. The number of aryl methyl sites for hydroxylation is 1. The zero-order chi connectivity index (χ0) is 9.11. The van der Waals surface area contributed by atoms with Gasteiger partial charge in [0.05, 0.1) is 6.20 Å². The van der Waals surface area contributed by atoms with Crippen molar-refractivity contribution in [1.82, 2.24) is 4.98 Å². The lowest BCUT2D eigenvalue weighted by atomic mass is 10.4. The van der Waals surface area contributed by atoms with E-state index in [1.165, 1.54) is 6.39 Å². The van der Waals surface area contributed by atoms with E-state index in [-0.39, 0.29) is 0 Å². The van der Waals surface area contributed by atoms with Gasteiger partial charge in [-0.15, -0.1) is 0 Å². The second-order valence-corrected chi connectivity index (χ2v) is 1.32. The van der Waals surface area contributed by atoms with Crippen LogP contribution in [0.15, 0.2) is 17.0 Å². The second-order valence-electron chi connectivity index (χ2n) is 1.32. The lowest BCUT2D eigenvalue weighted by Gasteiger charge is -1.77. The van der Waals surface area contributed by atoms with Crippen molar-refractivity contribution in [2.75, 3.05) is 0 Å². The summed E-state index contributed by atoms with van der Waals surface area (Å²) in [5.41, 5.74) is 0. The highest BCUT2D eigenvalue weighted by atomic mass is 16.3. The van der Waals surface area contributed by atoms with Gasteiger partial charge in [-0.05, 0) is 0 Å². The minimum atomic E-state index is 0.931. The van der Waals surface area contributed by atoms with Gasteiger partial charge in [-0.25, -0.2) is 4.98 Å². The first-order valence-electron chi connectivity index (χ1n) is 4.31. The van der Waals surface area contributed by atoms with Crippen molar-refractivity contribution >= 4 is 0 Å². The highest BCUT2D eigenvalue weighted by Gasteiger charge is 1.85. The van der Waals surface area contributed by atoms with Crippen LogP contribution in [0.5, 0.6) is 0 Å². The summed E-state index contributed by atoms with van der Waals surface area (Å²) >= 11 is 0. The molecule has 0 aliphatic heterocycles. The molecule has 0 fully saturated rings. The number of hydrogen-bond donors (Lipinski definition) is 0. The lowest BCUT2D eigenvalue weighted by molar-refractivity contribution is 0.510. The van der Waals surface area contributed by atoms with Gasteiger partial charge in [0.2, 0.25) is 0 Å². The monoisotopic (exact) mass is 157 g/mol. The summed E-state index contributed by atoms with van der Waals surface area (Å²) in [7, 11) is 0. The largest absolute Gasteiger partial charge is 0.449 e. The molecule has 0 unspecified atom stereocenters. The molecule has 0 saturated heterocycles. The van der Waals surface area contributed by atoms with E-state index in [4.69, 9.17) is 4.42 Å². The Morgan fingerprint density at radius 2 is 1.82 bits per heavy atom. The van der Waals surface area contributed by atoms with Crippen LogP contribution < -0.4 is 0 Å². The fraction of sp³-hybridized carbons (Fsp3) is 0.667. The Balaban J connectivity index is 0. The molecule has 0 aliphatic carbocycles. The van der Waals surface area contributed by atoms with Crippen molar-refractivity contribution in [3.63, 3.8) is 0 Å². The zero-order valence-corrected chi connectivity index (χ0v) is 8.22. The number of oxazole rings is 1. The predicted molar refractivity (Wildman–Crippen MR) is 48.6 cm³/mol. The van der Waals surface area contributed by atoms with Gasteiger partial charge in [0.25, 0.3) is 0 Å². The van der Waals surface area contributed by atoms with Crippen LogP contribution in [0.2, 0.25) is 0 Å². The number of hydrogen-bond acceptors (Lipinski definition) is 2. The van der Waals surface area contributed by atoms with Gasteiger partial charge in [-0.1, -0.05) is 34.6 Å². The molecule has 0 radical (unpaired) electrons. The zero-order valence-electron chi connectivity index (χ0n) is 8.22. The van der Waals surface area contributed by atoms with Crippen LogP contribution in [-0.4, -0.2) is 4.98 Å². The maximum absolute atomic E-state index is 4.87. The van der Waals surface area contributed by atoms with Gasteiger partial charge >= 0.3 is 0 Å². The first kappa shape index (κ1) is 12.8. The first-order valence-corrected chi connectivity index (χ1v) is 4.31. The van der Waals surface area contributed by atoms with E-state index in [1.54, 1.807) is 6.20 Å². The molecule has 1 heterocycles. The summed E-state index contributed by atoms with van der Waals surface area (Å²) in [5.74, 6) is 0.944. The Labute approximate surface area is 69.6 Å². The van der Waals surface area contributed by atoms with Crippen molar-refractivity contribution < 1.29 is 4.42 Å². The van der Waals surface area contributed by atoms with E-state index in [1.807, 2.05) is 34.6 Å². The molecule has 0 amide bonds. The molecule has 0 atom stereocenters. The summed E-state index contributed by atoms with van der Waals surface area (Å²) in [4.78, 5) is 3.73. The van der Waals surface area contributed by atoms with E-state index < -0.39 is 0 Å². The molecule has 2 nitrogen and oxygen atoms in total. The van der Waals surface area contributed by atoms with Gasteiger partial charge < -0.3 is 4.42 Å². The number of rotatable bonds is 1. The molecule has 0 aliphatic rings. The fourth-order valence-electron chi connectivity index (χ4n) is 0.417. The predicted octanol–water partition coefficient (Wildman–Crippen LogP) is 3.29. The van der Waals surface area contributed by atoms with Crippen LogP contribution in [0, 0.1) is 0 Å². The van der Waals surface area contributed by atoms with Gasteiger partial charge in [0.15, 0.2) is 6.39 Å². The number of nitrogens with zero attached hydrogens (tertiary/aromatic N) is 1. The highest BCUT2D eigenvalue weighted by molar-refractivity contribution is 4.85. The van der Waals surface area contributed by atoms with E-state index in [2.05, 4.69) is 4.98 Å². The average Bonchev–Trinajstić information content (AvgIpc) is 2.63. The molecule has 11 heavy (non-hydrogen) atoms. The summed E-state index contributed by atoms with van der Waals surface area (Å²) in [6.07, 6.45) is 4.10. The molecule has 66 valence electrons. The van der Waals surface area contributed by atoms with Crippen LogP contribution in [0.25, 0.3) is 0 Å². The second kappa shape index (κ2) is 11.9. The smallest absolute Gasteiger partial charge is 0.180 e. The third-order valence-corrected chi connectivity index (χ3v) is 0.832. The van der Waals surface area contributed by atoms with E-state index in [0.717, 1.165) is 12.2 Å². The molecular weight excluding hydrogens is 138 g/mol. The maximum atomic E-state index is 4.87. The van der Waals surface area contributed by atoms with E-state index in [9.17, 15) is 0 Å². The van der Waals surface area contributed by atoms with Crippen molar-refractivity contribution in [3.8, 4) is 0 Å². The molecule has 0 spiro atoms. The third kappa shape index (κ3) is 7.10. The van der Waals surface area contributed by atoms with Crippen molar-refractivity contribution in [2.24, 2.45) is 0 Å². The van der Waals surface area contributed by atoms with E-state index in [0.29, 0.717) is 0 Å².